The molecule has 1 aromatic rings. The van der Waals surface area contributed by atoms with Crippen LogP contribution in [-0.4, -0.2) is 42.9 Å². The number of hydrogen-bond donors (Lipinski definition) is 1. The Morgan fingerprint density at radius 3 is 2.62 bits per heavy atom. The molecular weight excluding hydrogens is 226 g/mol. The lowest BCUT2D eigenvalue weighted by atomic mass is 10.1. The molecule has 1 aliphatic heterocycles. The number of aliphatic hydroxyl groups excluding tert-OH is 1. The van der Waals surface area contributed by atoms with E-state index >= 15 is 0 Å². The maximum Gasteiger partial charge on any atom is 0.0629 e. The minimum Gasteiger partial charge on any atom is -0.394 e. The molecule has 88 valence electrons. The Bertz CT molecular complexity index is 340. The molecule has 2 rings (SSSR count). The number of rotatable bonds is 3. The fraction of sp³-hybridized carbons (Fsp3) is 0.500. The van der Waals surface area contributed by atoms with Gasteiger partial charge in [0.2, 0.25) is 0 Å². The van der Waals surface area contributed by atoms with E-state index in [0.717, 1.165) is 31.9 Å². The van der Waals surface area contributed by atoms with E-state index in [4.69, 9.17) is 16.3 Å². The third-order valence-electron chi connectivity index (χ3n) is 2.92. The van der Waals surface area contributed by atoms with Crippen LogP contribution in [0.25, 0.3) is 0 Å². The molecule has 1 aromatic carbocycles. The molecule has 0 unspecified atom stereocenters. The van der Waals surface area contributed by atoms with Gasteiger partial charge in [0.25, 0.3) is 0 Å². The Hall–Kier alpha value is -0.610. The molecule has 0 aliphatic carbocycles. The Kier molecular flexibility index (Phi) is 4.18. The van der Waals surface area contributed by atoms with E-state index in [2.05, 4.69) is 4.90 Å². The maximum absolute atomic E-state index is 9.52. The van der Waals surface area contributed by atoms with Gasteiger partial charge in [-0.25, -0.2) is 0 Å². The van der Waals surface area contributed by atoms with Crippen LogP contribution in [0.15, 0.2) is 24.3 Å². The lowest BCUT2D eigenvalue weighted by molar-refractivity contribution is 0.00261. The van der Waals surface area contributed by atoms with Crippen molar-refractivity contribution in [2.45, 2.75) is 6.04 Å². The van der Waals surface area contributed by atoms with Gasteiger partial charge >= 0.3 is 0 Å². The van der Waals surface area contributed by atoms with Gasteiger partial charge in [-0.3, -0.25) is 4.90 Å². The zero-order chi connectivity index (χ0) is 11.4. The third-order valence-corrected chi connectivity index (χ3v) is 3.27. The highest BCUT2D eigenvalue weighted by Crippen LogP contribution is 2.27. The van der Waals surface area contributed by atoms with Gasteiger partial charge < -0.3 is 9.84 Å². The van der Waals surface area contributed by atoms with Gasteiger partial charge in [-0.1, -0.05) is 29.8 Å². The SMILES string of the molecule is OC[C@@H](c1ccccc1Cl)N1CCOCC1. The summed E-state index contributed by atoms with van der Waals surface area (Å²) in [4.78, 5) is 2.21. The van der Waals surface area contributed by atoms with Gasteiger partial charge in [0, 0.05) is 18.1 Å². The van der Waals surface area contributed by atoms with Gasteiger partial charge in [-0.15, -0.1) is 0 Å². The zero-order valence-electron chi connectivity index (χ0n) is 9.10. The summed E-state index contributed by atoms with van der Waals surface area (Å²) in [5.41, 5.74) is 0.994. The molecule has 1 saturated heterocycles. The smallest absolute Gasteiger partial charge is 0.0629 e. The third kappa shape index (κ3) is 2.55. The molecule has 1 atom stereocenters. The monoisotopic (exact) mass is 241 g/mol. The van der Waals surface area contributed by atoms with Crippen LogP contribution in [0.4, 0.5) is 0 Å². The van der Waals surface area contributed by atoms with Gasteiger partial charge in [0.15, 0.2) is 0 Å². The number of halogens is 1. The predicted octanol–water partition coefficient (Wildman–Crippen LogP) is 1.71. The van der Waals surface area contributed by atoms with Crippen molar-refractivity contribution in [1.29, 1.82) is 0 Å². The number of ether oxygens (including phenoxy) is 1. The highest BCUT2D eigenvalue weighted by molar-refractivity contribution is 6.31. The molecule has 1 fully saturated rings. The molecule has 0 amide bonds. The fourth-order valence-electron chi connectivity index (χ4n) is 2.04. The summed E-state index contributed by atoms with van der Waals surface area (Å²) in [7, 11) is 0. The second kappa shape index (κ2) is 5.64. The highest BCUT2D eigenvalue weighted by Gasteiger charge is 2.23. The Labute approximate surface area is 101 Å². The molecule has 1 N–H and O–H groups in total. The van der Waals surface area contributed by atoms with Crippen LogP contribution in [0.5, 0.6) is 0 Å². The lowest BCUT2D eigenvalue weighted by Crippen LogP contribution is -2.40. The van der Waals surface area contributed by atoms with Crippen LogP contribution in [0.3, 0.4) is 0 Å². The zero-order valence-corrected chi connectivity index (χ0v) is 9.86. The van der Waals surface area contributed by atoms with Crippen molar-refractivity contribution in [2.24, 2.45) is 0 Å². The van der Waals surface area contributed by atoms with E-state index in [-0.39, 0.29) is 12.6 Å². The molecule has 4 heteroatoms. The van der Waals surface area contributed by atoms with Crippen molar-refractivity contribution in [1.82, 2.24) is 4.90 Å². The number of morpholine rings is 1. The van der Waals surface area contributed by atoms with Crippen molar-refractivity contribution < 1.29 is 9.84 Å². The number of nitrogens with zero attached hydrogens (tertiary/aromatic N) is 1. The summed E-state index contributed by atoms with van der Waals surface area (Å²) < 4.78 is 5.30. The summed E-state index contributed by atoms with van der Waals surface area (Å²) in [6, 6.07) is 7.67. The molecule has 0 spiro atoms. The highest BCUT2D eigenvalue weighted by atomic mass is 35.5. The van der Waals surface area contributed by atoms with E-state index in [1.807, 2.05) is 24.3 Å². The summed E-state index contributed by atoms with van der Waals surface area (Å²) in [5, 5.41) is 10.2. The lowest BCUT2D eigenvalue weighted by Gasteiger charge is -2.34. The summed E-state index contributed by atoms with van der Waals surface area (Å²) in [5.74, 6) is 0. The largest absolute Gasteiger partial charge is 0.394 e. The van der Waals surface area contributed by atoms with E-state index in [0.29, 0.717) is 5.02 Å². The van der Waals surface area contributed by atoms with Gasteiger partial charge in [-0.05, 0) is 11.6 Å². The van der Waals surface area contributed by atoms with Gasteiger partial charge in [0.05, 0.1) is 25.9 Å². The Morgan fingerprint density at radius 1 is 1.31 bits per heavy atom. The van der Waals surface area contributed by atoms with E-state index in [1.165, 1.54) is 0 Å². The van der Waals surface area contributed by atoms with Gasteiger partial charge in [-0.2, -0.15) is 0 Å². The summed E-state index contributed by atoms with van der Waals surface area (Å²) in [6.45, 7) is 3.22. The molecule has 3 nitrogen and oxygen atoms in total. The minimum atomic E-state index is -0.0161. The first-order chi connectivity index (χ1) is 7.83. The van der Waals surface area contributed by atoms with Crippen molar-refractivity contribution in [3.8, 4) is 0 Å². The van der Waals surface area contributed by atoms with E-state index in [9.17, 15) is 5.11 Å². The first-order valence-electron chi connectivity index (χ1n) is 5.50. The fourth-order valence-corrected chi connectivity index (χ4v) is 2.31. The van der Waals surface area contributed by atoms with Crippen LogP contribution < -0.4 is 0 Å². The first kappa shape index (κ1) is 11.9. The van der Waals surface area contributed by atoms with Crippen molar-refractivity contribution in [3.05, 3.63) is 34.9 Å². The molecule has 1 heterocycles. The molecular formula is C12H16ClNO2. The normalized spacial score (nSPS) is 19.6. The topological polar surface area (TPSA) is 32.7 Å². The number of hydrogen-bond acceptors (Lipinski definition) is 3. The quantitative estimate of drug-likeness (QED) is 0.875. The average Bonchev–Trinajstić information content (AvgIpc) is 2.34. The van der Waals surface area contributed by atoms with E-state index in [1.54, 1.807) is 0 Å². The summed E-state index contributed by atoms with van der Waals surface area (Å²) >= 11 is 6.15. The second-order valence-electron chi connectivity index (χ2n) is 3.87. The number of benzene rings is 1. The molecule has 1 aliphatic rings. The molecule has 0 bridgehead atoms. The van der Waals surface area contributed by atoms with Crippen LogP contribution in [0.2, 0.25) is 5.02 Å². The van der Waals surface area contributed by atoms with Gasteiger partial charge in [0.1, 0.15) is 0 Å². The standard InChI is InChI=1S/C12H16ClNO2/c13-11-4-2-1-3-10(11)12(9-15)14-5-7-16-8-6-14/h1-4,12,15H,5-9H2/t12-/m0/s1. The van der Waals surface area contributed by atoms with Crippen LogP contribution >= 0.6 is 11.6 Å². The minimum absolute atomic E-state index is 0.0161. The second-order valence-corrected chi connectivity index (χ2v) is 4.28. The number of aliphatic hydroxyl groups is 1. The average molecular weight is 242 g/mol. The maximum atomic E-state index is 9.52. The molecule has 16 heavy (non-hydrogen) atoms. The van der Waals surface area contributed by atoms with Crippen molar-refractivity contribution in [2.75, 3.05) is 32.9 Å². The predicted molar refractivity (Wildman–Crippen MR) is 63.7 cm³/mol. The molecule has 0 saturated carbocycles. The van der Waals surface area contributed by atoms with Crippen LogP contribution in [0, 0.1) is 0 Å². The molecule has 0 aromatic heterocycles. The van der Waals surface area contributed by atoms with Crippen molar-refractivity contribution >= 4 is 11.6 Å². The summed E-state index contributed by atoms with van der Waals surface area (Å²) in [6.07, 6.45) is 0. The first-order valence-corrected chi connectivity index (χ1v) is 5.88. The van der Waals surface area contributed by atoms with Crippen molar-refractivity contribution in [3.63, 3.8) is 0 Å². The molecule has 0 radical (unpaired) electrons. The van der Waals surface area contributed by atoms with E-state index < -0.39 is 0 Å². The van der Waals surface area contributed by atoms with Crippen LogP contribution in [0.1, 0.15) is 11.6 Å². The van der Waals surface area contributed by atoms with Crippen LogP contribution in [-0.2, 0) is 4.74 Å². The Morgan fingerprint density at radius 2 is 2.00 bits per heavy atom. The Balaban J connectivity index is 2.18.